The minimum atomic E-state index is -0.474. The van der Waals surface area contributed by atoms with Crippen LogP contribution in [0.3, 0.4) is 0 Å². The maximum Gasteiger partial charge on any atom is 0.368 e. The average molecular weight is 282 g/mol. The summed E-state index contributed by atoms with van der Waals surface area (Å²) in [6.07, 6.45) is 3.28. The Morgan fingerprint density at radius 1 is 1.14 bits per heavy atom. The zero-order chi connectivity index (χ0) is 14.8. The summed E-state index contributed by atoms with van der Waals surface area (Å²) in [6, 6.07) is 11.3. The summed E-state index contributed by atoms with van der Waals surface area (Å²) < 4.78 is 5.27. The molecule has 2 aromatic rings. The second-order valence-corrected chi connectivity index (χ2v) is 4.84. The minimum Gasteiger partial charge on any atom is -0.463 e. The highest BCUT2D eigenvalue weighted by Gasteiger charge is 2.28. The van der Waals surface area contributed by atoms with Crippen LogP contribution in [0.15, 0.2) is 57.8 Å². The number of carbonyl (C=O) groups is 1. The average Bonchev–Trinajstić information content (AvgIpc) is 3.10. The van der Waals surface area contributed by atoms with Crippen molar-refractivity contribution in [3.05, 3.63) is 59.6 Å². The van der Waals surface area contributed by atoms with Gasteiger partial charge in [0.05, 0.1) is 11.8 Å². The van der Waals surface area contributed by atoms with Gasteiger partial charge in [0.25, 0.3) is 0 Å². The topological polar surface area (TPSA) is 55.0 Å². The molecule has 1 aromatic carbocycles. The van der Waals surface area contributed by atoms with E-state index in [1.54, 1.807) is 18.2 Å². The fourth-order valence-corrected chi connectivity index (χ4v) is 2.04. The Balaban J connectivity index is 1.93. The van der Waals surface area contributed by atoms with Crippen molar-refractivity contribution in [1.29, 1.82) is 0 Å². The molecular formula is C16H14N2O3. The highest BCUT2D eigenvalue weighted by atomic mass is 16.7. The van der Waals surface area contributed by atoms with Gasteiger partial charge in [0.15, 0.2) is 11.5 Å². The lowest BCUT2D eigenvalue weighted by Gasteiger charge is -2.11. The van der Waals surface area contributed by atoms with Gasteiger partial charge >= 0.3 is 5.97 Å². The second kappa shape index (κ2) is 5.28. The van der Waals surface area contributed by atoms with E-state index in [0.717, 1.165) is 11.3 Å². The molecule has 0 saturated carbocycles. The van der Waals surface area contributed by atoms with Crippen LogP contribution in [0, 0.1) is 0 Å². The van der Waals surface area contributed by atoms with Crippen LogP contribution in [0.1, 0.15) is 11.3 Å². The van der Waals surface area contributed by atoms with Gasteiger partial charge in [0, 0.05) is 19.8 Å². The van der Waals surface area contributed by atoms with Crippen LogP contribution < -0.4 is 4.90 Å². The molecule has 0 amide bonds. The van der Waals surface area contributed by atoms with Gasteiger partial charge in [0.2, 0.25) is 0 Å². The molecule has 0 unspecified atom stereocenters. The predicted octanol–water partition coefficient (Wildman–Crippen LogP) is 2.69. The van der Waals surface area contributed by atoms with E-state index in [4.69, 9.17) is 9.25 Å². The van der Waals surface area contributed by atoms with Crippen LogP contribution in [0.5, 0.6) is 0 Å². The number of nitrogens with zero attached hydrogens (tertiary/aromatic N) is 2. The van der Waals surface area contributed by atoms with Crippen LogP contribution in [-0.2, 0) is 9.63 Å². The highest BCUT2D eigenvalue weighted by Crippen LogP contribution is 2.22. The van der Waals surface area contributed by atoms with Gasteiger partial charge < -0.3 is 14.2 Å². The third-order valence-electron chi connectivity index (χ3n) is 3.17. The van der Waals surface area contributed by atoms with E-state index in [-0.39, 0.29) is 0 Å². The molecule has 0 bridgehead atoms. The fraction of sp³-hybridized carbons (Fsp3) is 0.125. The molecule has 0 aliphatic carbocycles. The number of carbonyl (C=O) groups excluding carboxylic acids is 1. The van der Waals surface area contributed by atoms with Gasteiger partial charge in [-0.25, -0.2) is 4.79 Å². The SMILES string of the molecule is CN(C)c1ccc(C=C2C(=O)ON=C2c2ccco2)cc1. The molecule has 21 heavy (non-hydrogen) atoms. The van der Waals surface area contributed by atoms with Crippen molar-refractivity contribution >= 4 is 23.4 Å². The molecule has 0 saturated heterocycles. The molecular weight excluding hydrogens is 268 g/mol. The standard InChI is InChI=1S/C16H14N2O3/c1-18(2)12-7-5-11(6-8-12)10-13-15(17-21-16(13)19)14-4-3-9-20-14/h3-10H,1-2H3. The van der Waals surface area contributed by atoms with Crippen molar-refractivity contribution < 1.29 is 14.0 Å². The van der Waals surface area contributed by atoms with Crippen LogP contribution in [0.2, 0.25) is 0 Å². The zero-order valence-corrected chi connectivity index (χ0v) is 11.7. The van der Waals surface area contributed by atoms with E-state index in [1.165, 1.54) is 6.26 Å². The van der Waals surface area contributed by atoms with E-state index in [9.17, 15) is 4.79 Å². The largest absolute Gasteiger partial charge is 0.463 e. The van der Waals surface area contributed by atoms with Gasteiger partial charge in [-0.1, -0.05) is 17.3 Å². The Labute approximate surface area is 122 Å². The highest BCUT2D eigenvalue weighted by molar-refractivity contribution is 6.30. The third kappa shape index (κ3) is 2.58. The fourth-order valence-electron chi connectivity index (χ4n) is 2.04. The van der Waals surface area contributed by atoms with Crippen LogP contribution >= 0.6 is 0 Å². The van der Waals surface area contributed by atoms with E-state index in [1.807, 2.05) is 43.3 Å². The van der Waals surface area contributed by atoms with Gasteiger partial charge in [-0.2, -0.15) is 0 Å². The molecule has 5 nitrogen and oxygen atoms in total. The summed E-state index contributed by atoms with van der Waals surface area (Å²) in [6.45, 7) is 0. The first-order chi connectivity index (χ1) is 10.1. The molecule has 0 fully saturated rings. The molecule has 1 aromatic heterocycles. The summed E-state index contributed by atoms with van der Waals surface area (Å²) in [4.78, 5) is 18.6. The van der Waals surface area contributed by atoms with Crippen molar-refractivity contribution in [3.63, 3.8) is 0 Å². The van der Waals surface area contributed by atoms with E-state index >= 15 is 0 Å². The van der Waals surface area contributed by atoms with Crippen molar-refractivity contribution in [3.8, 4) is 0 Å². The Hall–Kier alpha value is -2.82. The molecule has 3 rings (SSSR count). The van der Waals surface area contributed by atoms with Crippen molar-refractivity contribution in [2.75, 3.05) is 19.0 Å². The first-order valence-electron chi connectivity index (χ1n) is 6.48. The maximum absolute atomic E-state index is 11.8. The summed E-state index contributed by atoms with van der Waals surface area (Å²) in [5.74, 6) is 0.0371. The molecule has 0 spiro atoms. The number of anilines is 1. The lowest BCUT2D eigenvalue weighted by atomic mass is 10.1. The quantitative estimate of drug-likeness (QED) is 0.641. The summed E-state index contributed by atoms with van der Waals surface area (Å²) in [5.41, 5.74) is 2.80. The lowest BCUT2D eigenvalue weighted by Crippen LogP contribution is -2.08. The maximum atomic E-state index is 11.8. The normalized spacial score (nSPS) is 16.0. The molecule has 0 atom stereocenters. The van der Waals surface area contributed by atoms with Crippen LogP contribution in [0.25, 0.3) is 6.08 Å². The molecule has 5 heteroatoms. The van der Waals surface area contributed by atoms with Gasteiger partial charge in [0.1, 0.15) is 0 Å². The Morgan fingerprint density at radius 2 is 1.90 bits per heavy atom. The number of benzene rings is 1. The number of oxime groups is 1. The molecule has 106 valence electrons. The van der Waals surface area contributed by atoms with Crippen LogP contribution in [-0.4, -0.2) is 25.8 Å². The van der Waals surface area contributed by atoms with E-state index < -0.39 is 5.97 Å². The molecule has 0 radical (unpaired) electrons. The van der Waals surface area contributed by atoms with E-state index in [2.05, 4.69) is 5.16 Å². The van der Waals surface area contributed by atoms with Gasteiger partial charge in [-0.05, 0) is 35.9 Å². The molecule has 2 heterocycles. The number of furan rings is 1. The zero-order valence-electron chi connectivity index (χ0n) is 11.7. The predicted molar refractivity (Wildman–Crippen MR) is 80.1 cm³/mol. The minimum absolute atomic E-state index is 0.391. The monoisotopic (exact) mass is 282 g/mol. The summed E-state index contributed by atoms with van der Waals surface area (Å²) in [5, 5.41) is 3.78. The molecule has 1 aliphatic rings. The van der Waals surface area contributed by atoms with Gasteiger partial charge in [-0.3, -0.25) is 0 Å². The Kier molecular flexibility index (Phi) is 3.31. The first kappa shape index (κ1) is 13.2. The van der Waals surface area contributed by atoms with Crippen molar-refractivity contribution in [2.45, 2.75) is 0 Å². The van der Waals surface area contributed by atoms with Crippen molar-refractivity contribution in [2.24, 2.45) is 5.16 Å². The summed E-state index contributed by atoms with van der Waals surface area (Å²) in [7, 11) is 3.95. The molecule has 0 N–H and O–H groups in total. The van der Waals surface area contributed by atoms with E-state index in [0.29, 0.717) is 17.0 Å². The first-order valence-corrected chi connectivity index (χ1v) is 6.48. The Morgan fingerprint density at radius 3 is 2.52 bits per heavy atom. The Bertz CT molecular complexity index is 710. The third-order valence-corrected chi connectivity index (χ3v) is 3.17. The van der Waals surface area contributed by atoms with Crippen LogP contribution in [0.4, 0.5) is 5.69 Å². The second-order valence-electron chi connectivity index (χ2n) is 4.84. The van der Waals surface area contributed by atoms with Crippen molar-refractivity contribution in [1.82, 2.24) is 0 Å². The number of rotatable bonds is 3. The number of hydrogen-bond acceptors (Lipinski definition) is 5. The molecule has 1 aliphatic heterocycles. The van der Waals surface area contributed by atoms with Gasteiger partial charge in [-0.15, -0.1) is 0 Å². The lowest BCUT2D eigenvalue weighted by molar-refractivity contribution is -0.136. The number of hydrogen-bond donors (Lipinski definition) is 0. The smallest absolute Gasteiger partial charge is 0.368 e. The summed E-state index contributed by atoms with van der Waals surface area (Å²) >= 11 is 0.